The second-order valence-electron chi connectivity index (χ2n) is 8.02. The monoisotopic (exact) mass is 358 g/mol. The molecule has 0 radical (unpaired) electrons. The fourth-order valence-corrected chi connectivity index (χ4v) is 3.47. The summed E-state index contributed by atoms with van der Waals surface area (Å²) >= 11 is 0. The van der Waals surface area contributed by atoms with Gasteiger partial charge >= 0.3 is 6.09 Å². The van der Waals surface area contributed by atoms with E-state index in [1.165, 1.54) is 18.9 Å². The molecular formula is C20H26N2O4. The highest BCUT2D eigenvalue weighted by molar-refractivity contribution is 5.99. The Morgan fingerprint density at radius 1 is 1.35 bits per heavy atom. The molecule has 2 rings (SSSR count). The van der Waals surface area contributed by atoms with Crippen molar-refractivity contribution in [2.45, 2.75) is 63.7 Å². The highest BCUT2D eigenvalue weighted by Gasteiger charge is 2.55. The van der Waals surface area contributed by atoms with Crippen LogP contribution in [0.3, 0.4) is 0 Å². The van der Waals surface area contributed by atoms with Crippen molar-refractivity contribution in [1.82, 2.24) is 4.90 Å². The number of amides is 1. The highest BCUT2D eigenvalue weighted by Crippen LogP contribution is 2.44. The SMILES string of the molecule is [C-]#[N+]c1cccc([C@]2(N(C)C(=O)OC(C)(C)C)CCC[C@](C)(O)C2=O)c1. The molecule has 0 bridgehead atoms. The summed E-state index contributed by atoms with van der Waals surface area (Å²) in [5.74, 6) is -0.452. The van der Waals surface area contributed by atoms with Gasteiger partial charge in [0, 0.05) is 7.05 Å². The van der Waals surface area contributed by atoms with Crippen molar-refractivity contribution in [3.8, 4) is 0 Å². The Morgan fingerprint density at radius 2 is 2.00 bits per heavy atom. The van der Waals surface area contributed by atoms with E-state index in [4.69, 9.17) is 11.3 Å². The van der Waals surface area contributed by atoms with Crippen LogP contribution in [0.4, 0.5) is 10.5 Å². The normalized spacial score (nSPS) is 26.1. The van der Waals surface area contributed by atoms with Gasteiger partial charge in [0.15, 0.2) is 11.5 Å². The Hall–Kier alpha value is -2.39. The molecule has 1 aromatic carbocycles. The maximum Gasteiger partial charge on any atom is 0.411 e. The number of ether oxygens (including phenoxy) is 1. The third-order valence-electron chi connectivity index (χ3n) is 4.76. The van der Waals surface area contributed by atoms with Gasteiger partial charge < -0.3 is 9.84 Å². The van der Waals surface area contributed by atoms with Crippen LogP contribution < -0.4 is 0 Å². The first-order valence-corrected chi connectivity index (χ1v) is 8.66. The maximum absolute atomic E-state index is 13.3. The lowest BCUT2D eigenvalue weighted by Crippen LogP contribution is -2.62. The van der Waals surface area contributed by atoms with E-state index < -0.39 is 28.6 Å². The van der Waals surface area contributed by atoms with Crippen LogP contribution in [-0.2, 0) is 15.1 Å². The Bertz CT molecular complexity index is 758. The Morgan fingerprint density at radius 3 is 2.58 bits per heavy atom. The zero-order chi connectivity index (χ0) is 19.8. The van der Waals surface area contributed by atoms with Gasteiger partial charge in [0.25, 0.3) is 0 Å². The molecule has 6 nitrogen and oxygen atoms in total. The van der Waals surface area contributed by atoms with Crippen LogP contribution in [0.1, 0.15) is 52.5 Å². The van der Waals surface area contributed by atoms with Crippen molar-refractivity contribution in [2.24, 2.45) is 0 Å². The summed E-state index contributed by atoms with van der Waals surface area (Å²) in [6.45, 7) is 14.0. The van der Waals surface area contributed by atoms with Crippen molar-refractivity contribution in [1.29, 1.82) is 0 Å². The third-order valence-corrected chi connectivity index (χ3v) is 4.76. The van der Waals surface area contributed by atoms with Crippen LogP contribution in [-0.4, -0.2) is 40.1 Å². The Balaban J connectivity index is 2.61. The third kappa shape index (κ3) is 3.58. The molecule has 1 N–H and O–H groups in total. The Labute approximate surface area is 154 Å². The van der Waals surface area contributed by atoms with Crippen LogP contribution in [0.5, 0.6) is 0 Å². The summed E-state index contributed by atoms with van der Waals surface area (Å²) in [6.07, 6.45) is 0.614. The number of aliphatic hydroxyl groups is 1. The summed E-state index contributed by atoms with van der Waals surface area (Å²) in [4.78, 5) is 30.8. The van der Waals surface area contributed by atoms with E-state index in [1.54, 1.807) is 45.0 Å². The number of likely N-dealkylation sites (N-methyl/N-ethyl adjacent to an activating group) is 1. The minimum absolute atomic E-state index is 0.332. The molecule has 2 atom stereocenters. The zero-order valence-corrected chi connectivity index (χ0v) is 16.0. The number of nitrogens with zero attached hydrogens (tertiary/aromatic N) is 2. The summed E-state index contributed by atoms with van der Waals surface area (Å²) in [6, 6.07) is 6.65. The van der Waals surface area contributed by atoms with E-state index in [-0.39, 0.29) is 0 Å². The summed E-state index contributed by atoms with van der Waals surface area (Å²) < 4.78 is 5.46. The molecule has 1 amide bonds. The number of carbonyl (C=O) groups excluding carboxylic acids is 2. The van der Waals surface area contributed by atoms with E-state index in [2.05, 4.69) is 4.85 Å². The van der Waals surface area contributed by atoms with Gasteiger partial charge in [-0.3, -0.25) is 9.69 Å². The average Bonchev–Trinajstić information content (AvgIpc) is 2.55. The fourth-order valence-electron chi connectivity index (χ4n) is 3.47. The molecule has 0 saturated heterocycles. The molecule has 0 spiro atoms. The molecule has 1 saturated carbocycles. The predicted octanol–water partition coefficient (Wildman–Crippen LogP) is 3.80. The summed E-state index contributed by atoms with van der Waals surface area (Å²) in [5, 5.41) is 10.6. The zero-order valence-electron chi connectivity index (χ0n) is 16.0. The lowest BCUT2D eigenvalue weighted by atomic mass is 9.68. The number of hydrogen-bond acceptors (Lipinski definition) is 4. The van der Waals surface area contributed by atoms with E-state index >= 15 is 0 Å². The smallest absolute Gasteiger partial charge is 0.411 e. The molecule has 140 valence electrons. The summed E-state index contributed by atoms with van der Waals surface area (Å²) in [5.41, 5.74) is -2.75. The molecule has 26 heavy (non-hydrogen) atoms. The molecule has 1 fully saturated rings. The number of hydrogen-bond donors (Lipinski definition) is 1. The molecule has 0 heterocycles. The van der Waals surface area contributed by atoms with Gasteiger partial charge in [-0.15, -0.1) is 0 Å². The molecule has 0 unspecified atom stereocenters. The van der Waals surface area contributed by atoms with Gasteiger partial charge in [-0.2, -0.15) is 0 Å². The van der Waals surface area contributed by atoms with Crippen molar-refractivity contribution >= 4 is 17.6 Å². The average molecular weight is 358 g/mol. The molecule has 0 aromatic heterocycles. The van der Waals surface area contributed by atoms with Gasteiger partial charge in [-0.1, -0.05) is 24.3 Å². The quantitative estimate of drug-likeness (QED) is 0.816. The van der Waals surface area contributed by atoms with Gasteiger partial charge in [0.2, 0.25) is 0 Å². The molecule has 1 aliphatic carbocycles. The van der Waals surface area contributed by atoms with Crippen LogP contribution in [0.25, 0.3) is 4.85 Å². The second-order valence-corrected chi connectivity index (χ2v) is 8.02. The van der Waals surface area contributed by atoms with E-state index in [0.29, 0.717) is 30.5 Å². The van der Waals surface area contributed by atoms with E-state index in [9.17, 15) is 14.7 Å². The molecular weight excluding hydrogens is 332 g/mol. The number of benzene rings is 1. The second kappa shape index (κ2) is 6.73. The molecule has 1 aromatic rings. The number of rotatable bonds is 2. The minimum atomic E-state index is -1.55. The lowest BCUT2D eigenvalue weighted by molar-refractivity contribution is -0.155. The van der Waals surface area contributed by atoms with Crippen LogP contribution >= 0.6 is 0 Å². The number of carbonyl (C=O) groups is 2. The maximum atomic E-state index is 13.3. The first-order valence-electron chi connectivity index (χ1n) is 8.66. The highest BCUT2D eigenvalue weighted by atomic mass is 16.6. The number of Topliss-reactive ketones (excluding diaryl/α,β-unsaturated/α-hetero) is 1. The van der Waals surface area contributed by atoms with Crippen molar-refractivity contribution in [3.05, 3.63) is 41.2 Å². The van der Waals surface area contributed by atoms with Crippen molar-refractivity contribution in [2.75, 3.05) is 7.05 Å². The predicted molar refractivity (Wildman–Crippen MR) is 97.9 cm³/mol. The van der Waals surface area contributed by atoms with Crippen LogP contribution in [0, 0.1) is 6.57 Å². The molecule has 1 aliphatic rings. The van der Waals surface area contributed by atoms with Crippen molar-refractivity contribution in [3.63, 3.8) is 0 Å². The fraction of sp³-hybridized carbons (Fsp3) is 0.550. The van der Waals surface area contributed by atoms with Gasteiger partial charge in [-0.25, -0.2) is 9.64 Å². The topological polar surface area (TPSA) is 71.2 Å². The standard InChI is InChI=1S/C20H26N2O4/c1-18(2,3)26-17(24)22(6)20(12-8-11-19(4,25)16(20)23)14-9-7-10-15(13-14)21-5/h7,9-10,13,25H,8,11-12H2,1-4,6H3/t19-,20+/m0/s1. The molecule has 6 heteroatoms. The van der Waals surface area contributed by atoms with Crippen molar-refractivity contribution < 1.29 is 19.4 Å². The lowest BCUT2D eigenvalue weighted by Gasteiger charge is -2.47. The van der Waals surface area contributed by atoms with Crippen LogP contribution in [0.2, 0.25) is 0 Å². The minimum Gasteiger partial charge on any atom is -0.444 e. The number of ketones is 1. The largest absolute Gasteiger partial charge is 0.444 e. The summed E-state index contributed by atoms with van der Waals surface area (Å²) in [7, 11) is 1.51. The molecule has 0 aliphatic heterocycles. The van der Waals surface area contributed by atoms with E-state index in [0.717, 1.165) is 0 Å². The van der Waals surface area contributed by atoms with E-state index in [1.807, 2.05) is 0 Å². The van der Waals surface area contributed by atoms with Gasteiger partial charge in [0.05, 0.1) is 6.57 Å². The van der Waals surface area contributed by atoms with Gasteiger partial charge in [-0.05, 0) is 52.5 Å². The van der Waals surface area contributed by atoms with Crippen LogP contribution in [0.15, 0.2) is 24.3 Å². The first-order chi connectivity index (χ1) is 11.9. The first kappa shape index (κ1) is 19.9. The van der Waals surface area contributed by atoms with Gasteiger partial charge in [0.1, 0.15) is 16.7 Å². The Kier molecular flexibility index (Phi) is 5.16.